The van der Waals surface area contributed by atoms with Gasteiger partial charge >= 0.3 is 6.03 Å². The zero-order valence-electron chi connectivity index (χ0n) is 33.2. The van der Waals surface area contributed by atoms with E-state index in [-0.39, 0.29) is 35.4 Å². The second-order valence-corrected chi connectivity index (χ2v) is 18.8. The Kier molecular flexibility index (Phi) is 10.0. The number of hydrogen-bond donors (Lipinski definition) is 1. The highest BCUT2D eigenvalue weighted by molar-refractivity contribution is 7.16. The number of thiophene rings is 1. The van der Waals surface area contributed by atoms with Crippen molar-refractivity contribution in [3.8, 4) is 11.9 Å². The molecule has 2 saturated carbocycles. The maximum absolute atomic E-state index is 13.6. The molecule has 1 spiro atoms. The number of amides is 1. The lowest BCUT2D eigenvalue weighted by Crippen LogP contribution is -2.67. The molecule has 4 fully saturated rings. The second kappa shape index (κ2) is 15.0. The summed E-state index contributed by atoms with van der Waals surface area (Å²) in [5.74, 6) is 2.38. The Morgan fingerprint density at radius 1 is 1.18 bits per heavy atom. The SMILES string of the molecule is CCCC1C(C2CCCc3sc(N)c(C#N)c32)=NOC1c1nc(CN2CC3(CC(N(C(=O)n4cnc(C5CC5)n4)C(C)C)C3)C2)cc(OCC2CCCN2C)n1. The molecule has 0 bridgehead atoms. The molecular weight excluding hydrogens is 727 g/mol. The van der Waals surface area contributed by atoms with Gasteiger partial charge in [0.25, 0.3) is 0 Å². The number of carbonyl (C=O) groups excluding carboxylic acids is 1. The average molecular weight is 782 g/mol. The van der Waals surface area contributed by atoms with Gasteiger partial charge < -0.3 is 25.1 Å². The minimum Gasteiger partial charge on any atom is -0.476 e. The molecule has 0 radical (unpaired) electrons. The topological polar surface area (TPSA) is 164 Å². The van der Waals surface area contributed by atoms with Crippen molar-refractivity contribution in [1.82, 2.24) is 39.4 Å². The fourth-order valence-electron chi connectivity index (χ4n) is 10.3. The van der Waals surface area contributed by atoms with Gasteiger partial charge in [0, 0.05) is 66.5 Å². The summed E-state index contributed by atoms with van der Waals surface area (Å²) in [5, 5.41) is 20.0. The minimum absolute atomic E-state index is 0.00206. The molecular formula is C41H55N11O3S. The lowest BCUT2D eigenvalue weighted by molar-refractivity contribution is -0.108. The third-order valence-electron chi connectivity index (χ3n) is 13.2. The third-order valence-corrected chi connectivity index (χ3v) is 14.3. The summed E-state index contributed by atoms with van der Waals surface area (Å²) in [6, 6.07) is 4.95. The van der Waals surface area contributed by atoms with Gasteiger partial charge in [-0.3, -0.25) is 4.90 Å². The van der Waals surface area contributed by atoms with E-state index in [1.807, 2.05) is 11.0 Å². The number of nitrogen functional groups attached to an aromatic ring is 1. The number of likely N-dealkylation sites (N-methyl/N-ethyl adjacent to an activating group) is 1. The van der Waals surface area contributed by atoms with E-state index >= 15 is 0 Å². The molecule has 15 heteroatoms. The number of nitrogens with two attached hydrogens (primary N) is 1. The van der Waals surface area contributed by atoms with Crippen LogP contribution in [0.2, 0.25) is 0 Å². The van der Waals surface area contributed by atoms with E-state index in [4.69, 9.17) is 30.4 Å². The molecule has 2 saturated heterocycles. The van der Waals surface area contributed by atoms with Crippen LogP contribution in [0.4, 0.5) is 9.80 Å². The molecule has 56 heavy (non-hydrogen) atoms. The first-order chi connectivity index (χ1) is 27.1. The van der Waals surface area contributed by atoms with E-state index in [0.29, 0.717) is 47.4 Å². The molecule has 298 valence electrons. The van der Waals surface area contributed by atoms with Crippen molar-refractivity contribution in [2.75, 3.05) is 39.0 Å². The zero-order chi connectivity index (χ0) is 38.7. The van der Waals surface area contributed by atoms with Gasteiger partial charge in [-0.1, -0.05) is 18.5 Å². The van der Waals surface area contributed by atoms with Crippen molar-refractivity contribution < 1.29 is 14.4 Å². The molecule has 3 aliphatic heterocycles. The largest absolute Gasteiger partial charge is 0.476 e. The predicted molar refractivity (Wildman–Crippen MR) is 212 cm³/mol. The van der Waals surface area contributed by atoms with E-state index in [0.717, 1.165) is 107 Å². The van der Waals surface area contributed by atoms with Crippen molar-refractivity contribution in [3.63, 3.8) is 0 Å². The number of rotatable bonds is 12. The molecule has 3 aliphatic carbocycles. The Morgan fingerprint density at radius 2 is 2.00 bits per heavy atom. The van der Waals surface area contributed by atoms with Crippen molar-refractivity contribution in [1.29, 1.82) is 5.26 Å². The quantitative estimate of drug-likeness (QED) is 0.221. The Balaban J connectivity index is 0.906. The van der Waals surface area contributed by atoms with Gasteiger partial charge in [0.15, 0.2) is 17.8 Å². The van der Waals surface area contributed by atoms with E-state index < -0.39 is 6.10 Å². The van der Waals surface area contributed by atoms with Crippen LogP contribution >= 0.6 is 11.3 Å². The summed E-state index contributed by atoms with van der Waals surface area (Å²) in [5.41, 5.74) is 10.1. The highest BCUT2D eigenvalue weighted by atomic mass is 32.1. The Labute approximate surface area is 333 Å². The van der Waals surface area contributed by atoms with Crippen molar-refractivity contribution in [2.24, 2.45) is 16.5 Å². The van der Waals surface area contributed by atoms with Crippen LogP contribution < -0.4 is 10.5 Å². The van der Waals surface area contributed by atoms with Crippen LogP contribution in [0.25, 0.3) is 0 Å². The third kappa shape index (κ3) is 6.95. The standard InChI is InChI=1S/C41H55N11O3S/c1-5-8-30-35(29-10-6-11-32-34(29)31(18-42)37(43)56-32)48-55-36(30)39-45-26(15-33(46-39)54-20-27-9-7-14-49(27)4)19-50-21-41(22-50)16-28(17-41)52(24(2)3)40(53)51-23-44-38(47-51)25-12-13-25/h15,23-25,27-30,36H,5-14,16-17,19-22,43H2,1-4H3. The monoisotopic (exact) mass is 781 g/mol. The number of nitrogens with zero attached hydrogens (tertiary/aromatic N) is 10. The van der Waals surface area contributed by atoms with Gasteiger partial charge in [-0.05, 0) is 103 Å². The normalized spacial score (nSPS) is 26.0. The molecule has 3 aromatic heterocycles. The lowest BCUT2D eigenvalue weighted by atomic mass is 9.60. The van der Waals surface area contributed by atoms with E-state index in [1.165, 1.54) is 16.0 Å². The molecule has 1 amide bonds. The van der Waals surface area contributed by atoms with Crippen LogP contribution in [0, 0.1) is 22.7 Å². The van der Waals surface area contributed by atoms with Crippen LogP contribution in [0.1, 0.15) is 136 Å². The predicted octanol–water partition coefficient (Wildman–Crippen LogP) is 6.24. The first-order valence-corrected chi connectivity index (χ1v) is 21.7. The number of ether oxygens (including phenoxy) is 1. The highest BCUT2D eigenvalue weighted by Gasteiger charge is 2.55. The summed E-state index contributed by atoms with van der Waals surface area (Å²) in [4.78, 5) is 42.6. The smallest absolute Gasteiger partial charge is 0.346 e. The maximum Gasteiger partial charge on any atom is 0.346 e. The number of oxime groups is 1. The summed E-state index contributed by atoms with van der Waals surface area (Å²) in [7, 11) is 2.16. The van der Waals surface area contributed by atoms with E-state index in [9.17, 15) is 10.1 Å². The molecule has 4 unspecified atom stereocenters. The molecule has 0 aromatic carbocycles. The van der Waals surface area contributed by atoms with Gasteiger partial charge in [0.2, 0.25) is 5.88 Å². The number of hydrogen-bond acceptors (Lipinski definition) is 13. The van der Waals surface area contributed by atoms with Crippen molar-refractivity contribution in [2.45, 2.75) is 134 Å². The highest BCUT2D eigenvalue weighted by Crippen LogP contribution is 2.52. The maximum atomic E-state index is 13.6. The van der Waals surface area contributed by atoms with E-state index in [1.54, 1.807) is 17.7 Å². The van der Waals surface area contributed by atoms with Crippen molar-refractivity contribution in [3.05, 3.63) is 45.7 Å². The molecule has 6 aliphatic rings. The number of aryl methyl sites for hydroxylation is 1. The second-order valence-electron chi connectivity index (χ2n) is 17.6. The first-order valence-electron chi connectivity index (χ1n) is 20.9. The summed E-state index contributed by atoms with van der Waals surface area (Å²) < 4.78 is 7.91. The Hall–Kier alpha value is -4.13. The average Bonchev–Trinajstić information content (AvgIpc) is 3.43. The van der Waals surface area contributed by atoms with Crippen LogP contribution in [-0.4, -0.2) is 103 Å². The molecule has 9 rings (SSSR count). The number of carbonyl (C=O) groups is 1. The van der Waals surface area contributed by atoms with Crippen LogP contribution in [0.3, 0.4) is 0 Å². The van der Waals surface area contributed by atoms with Crippen LogP contribution in [0.5, 0.6) is 5.88 Å². The van der Waals surface area contributed by atoms with Gasteiger partial charge in [-0.25, -0.2) is 14.8 Å². The molecule has 14 nitrogen and oxygen atoms in total. The van der Waals surface area contributed by atoms with Crippen molar-refractivity contribution >= 4 is 28.1 Å². The van der Waals surface area contributed by atoms with Gasteiger partial charge in [-0.2, -0.15) is 14.9 Å². The molecule has 2 N–H and O–H groups in total. The molecule has 3 aromatic rings. The fraction of sp³-hybridized carbons (Fsp3) is 0.683. The zero-order valence-corrected chi connectivity index (χ0v) is 34.0. The van der Waals surface area contributed by atoms with Gasteiger partial charge in [0.1, 0.15) is 24.0 Å². The van der Waals surface area contributed by atoms with Gasteiger partial charge in [-0.15, -0.1) is 16.4 Å². The van der Waals surface area contributed by atoms with Crippen LogP contribution in [0.15, 0.2) is 17.5 Å². The number of anilines is 1. The Bertz CT molecular complexity index is 2020. The minimum atomic E-state index is -0.437. The van der Waals surface area contributed by atoms with Crippen LogP contribution in [-0.2, 0) is 17.8 Å². The summed E-state index contributed by atoms with van der Waals surface area (Å²) >= 11 is 1.55. The summed E-state index contributed by atoms with van der Waals surface area (Å²) in [6.07, 6.45) is 12.3. The number of likely N-dealkylation sites (tertiary alicyclic amines) is 2. The first kappa shape index (κ1) is 37.4. The summed E-state index contributed by atoms with van der Waals surface area (Å²) in [6.45, 7) is 10.6. The molecule has 4 atom stereocenters. The number of nitriles is 1. The number of fused-ring (bicyclic) bond motifs is 1. The fourth-order valence-corrected chi connectivity index (χ4v) is 11.4. The Morgan fingerprint density at radius 3 is 2.71 bits per heavy atom. The van der Waals surface area contributed by atoms with E-state index in [2.05, 4.69) is 53.8 Å². The number of aromatic nitrogens is 5. The van der Waals surface area contributed by atoms with Gasteiger partial charge in [0.05, 0.1) is 17.0 Å². The lowest BCUT2D eigenvalue weighted by Gasteiger charge is -2.61. The molecule has 6 heterocycles.